The highest BCUT2D eigenvalue weighted by molar-refractivity contribution is 6.21. The molecular formula is C19H13N3O4. The molecule has 0 aliphatic carbocycles. The Balaban J connectivity index is 1.65. The third kappa shape index (κ3) is 2.46. The standard InChI is InChI=1S/C19H13N3O4/c1-21-11-15(16(20-21)12-7-3-2-4-8-12)19(25)26-22-17(23)13-9-5-6-10-14(13)18(22)24/h2-11H,1H3. The molecule has 3 aromatic rings. The molecule has 0 spiro atoms. The molecule has 0 unspecified atom stereocenters. The third-order valence-corrected chi connectivity index (χ3v) is 4.03. The Morgan fingerprint density at radius 1 is 0.923 bits per heavy atom. The summed E-state index contributed by atoms with van der Waals surface area (Å²) < 4.78 is 1.47. The van der Waals surface area contributed by atoms with E-state index in [-0.39, 0.29) is 16.7 Å². The van der Waals surface area contributed by atoms with E-state index in [1.807, 2.05) is 18.2 Å². The van der Waals surface area contributed by atoms with Crippen LogP contribution >= 0.6 is 0 Å². The fraction of sp³-hybridized carbons (Fsp3) is 0.0526. The van der Waals surface area contributed by atoms with E-state index < -0.39 is 17.8 Å². The van der Waals surface area contributed by atoms with Crippen LogP contribution < -0.4 is 0 Å². The third-order valence-electron chi connectivity index (χ3n) is 4.03. The maximum absolute atomic E-state index is 12.6. The predicted molar refractivity (Wildman–Crippen MR) is 91.0 cm³/mol. The first kappa shape index (κ1) is 15.8. The van der Waals surface area contributed by atoms with Crippen molar-refractivity contribution in [3.63, 3.8) is 0 Å². The van der Waals surface area contributed by atoms with E-state index in [2.05, 4.69) is 5.10 Å². The van der Waals surface area contributed by atoms with Crippen LogP contribution in [0.1, 0.15) is 31.1 Å². The first-order chi connectivity index (χ1) is 12.6. The summed E-state index contributed by atoms with van der Waals surface area (Å²) >= 11 is 0. The number of imide groups is 1. The van der Waals surface area contributed by atoms with Gasteiger partial charge in [0, 0.05) is 18.8 Å². The molecule has 0 saturated carbocycles. The summed E-state index contributed by atoms with van der Waals surface area (Å²) in [5, 5.41) is 4.78. The van der Waals surface area contributed by atoms with Gasteiger partial charge >= 0.3 is 5.97 Å². The lowest BCUT2D eigenvalue weighted by atomic mass is 10.1. The second-order valence-electron chi connectivity index (χ2n) is 5.76. The predicted octanol–water partition coefficient (Wildman–Crippen LogP) is 2.46. The lowest BCUT2D eigenvalue weighted by Gasteiger charge is -2.12. The number of fused-ring (bicyclic) bond motifs is 1. The molecule has 4 rings (SSSR count). The summed E-state index contributed by atoms with van der Waals surface area (Å²) in [7, 11) is 1.67. The molecule has 0 bridgehead atoms. The van der Waals surface area contributed by atoms with E-state index >= 15 is 0 Å². The first-order valence-electron chi connectivity index (χ1n) is 7.85. The molecule has 0 fully saturated rings. The Morgan fingerprint density at radius 2 is 1.50 bits per heavy atom. The van der Waals surface area contributed by atoms with Gasteiger partial charge in [-0.05, 0) is 12.1 Å². The smallest absolute Gasteiger partial charge is 0.324 e. The van der Waals surface area contributed by atoms with E-state index in [9.17, 15) is 14.4 Å². The number of nitrogens with zero attached hydrogens (tertiary/aromatic N) is 3. The van der Waals surface area contributed by atoms with Gasteiger partial charge in [0.2, 0.25) is 0 Å². The summed E-state index contributed by atoms with van der Waals surface area (Å²) in [6.07, 6.45) is 1.49. The Bertz CT molecular complexity index is 1000. The minimum atomic E-state index is -0.827. The number of carbonyl (C=O) groups is 3. The van der Waals surface area contributed by atoms with Gasteiger partial charge < -0.3 is 4.84 Å². The van der Waals surface area contributed by atoms with Crippen molar-refractivity contribution in [3.05, 3.63) is 77.5 Å². The summed E-state index contributed by atoms with van der Waals surface area (Å²) in [6, 6.07) is 15.4. The van der Waals surface area contributed by atoms with Gasteiger partial charge in [-0.1, -0.05) is 47.5 Å². The minimum Gasteiger partial charge on any atom is -0.324 e. The van der Waals surface area contributed by atoms with Crippen LogP contribution in [0.4, 0.5) is 0 Å². The quantitative estimate of drug-likeness (QED) is 0.680. The maximum Gasteiger partial charge on any atom is 0.367 e. The van der Waals surface area contributed by atoms with Gasteiger partial charge in [0.05, 0.1) is 11.1 Å². The first-order valence-corrected chi connectivity index (χ1v) is 7.85. The molecule has 2 aromatic carbocycles. The molecule has 0 N–H and O–H groups in total. The van der Waals surface area contributed by atoms with Crippen LogP contribution in [0.5, 0.6) is 0 Å². The van der Waals surface area contributed by atoms with Crippen molar-refractivity contribution in [3.8, 4) is 11.3 Å². The van der Waals surface area contributed by atoms with Gasteiger partial charge in [-0.25, -0.2) is 4.79 Å². The van der Waals surface area contributed by atoms with E-state index in [0.29, 0.717) is 10.8 Å². The Morgan fingerprint density at radius 3 is 2.12 bits per heavy atom. The molecule has 0 saturated heterocycles. The van der Waals surface area contributed by atoms with Crippen LogP contribution in [-0.2, 0) is 11.9 Å². The lowest BCUT2D eigenvalue weighted by Crippen LogP contribution is -2.32. The molecule has 2 heterocycles. The second-order valence-corrected chi connectivity index (χ2v) is 5.76. The van der Waals surface area contributed by atoms with Gasteiger partial charge in [-0.3, -0.25) is 14.3 Å². The molecule has 1 aromatic heterocycles. The highest BCUT2D eigenvalue weighted by Crippen LogP contribution is 2.26. The summed E-state index contributed by atoms with van der Waals surface area (Å²) in [6.45, 7) is 0. The van der Waals surface area contributed by atoms with E-state index in [4.69, 9.17) is 4.84 Å². The van der Waals surface area contributed by atoms with Gasteiger partial charge in [0.15, 0.2) is 0 Å². The molecular weight excluding hydrogens is 334 g/mol. The molecule has 1 aliphatic rings. The van der Waals surface area contributed by atoms with E-state index in [1.165, 1.54) is 23.0 Å². The topological polar surface area (TPSA) is 81.5 Å². The number of benzene rings is 2. The lowest BCUT2D eigenvalue weighted by molar-refractivity contribution is -0.0584. The number of aryl methyl sites for hydroxylation is 1. The number of hydrogen-bond acceptors (Lipinski definition) is 5. The van der Waals surface area contributed by atoms with E-state index in [0.717, 1.165) is 5.56 Å². The van der Waals surface area contributed by atoms with Crippen molar-refractivity contribution < 1.29 is 19.2 Å². The number of carbonyl (C=O) groups excluding carboxylic acids is 3. The number of rotatable bonds is 3. The number of hydrogen-bond donors (Lipinski definition) is 0. The SMILES string of the molecule is Cn1cc(C(=O)ON2C(=O)c3ccccc3C2=O)c(-c2ccccc2)n1. The fourth-order valence-corrected chi connectivity index (χ4v) is 2.83. The number of aromatic nitrogens is 2. The zero-order valence-electron chi connectivity index (χ0n) is 13.7. The van der Waals surface area contributed by atoms with Crippen molar-refractivity contribution in [1.82, 2.24) is 14.8 Å². The van der Waals surface area contributed by atoms with Crippen LogP contribution in [0.3, 0.4) is 0 Å². The number of hydroxylamine groups is 2. The second kappa shape index (κ2) is 5.96. The molecule has 2 amide bonds. The van der Waals surface area contributed by atoms with Crippen LogP contribution in [0.2, 0.25) is 0 Å². The zero-order valence-corrected chi connectivity index (χ0v) is 13.7. The molecule has 1 aliphatic heterocycles. The Hall–Kier alpha value is -3.74. The highest BCUT2D eigenvalue weighted by Gasteiger charge is 2.39. The van der Waals surface area contributed by atoms with Crippen molar-refractivity contribution in [2.45, 2.75) is 0 Å². The summed E-state index contributed by atoms with van der Waals surface area (Å²) in [5.74, 6) is -2.15. The molecule has 0 radical (unpaired) electrons. The molecule has 7 heteroatoms. The summed E-state index contributed by atoms with van der Waals surface area (Å²) in [4.78, 5) is 42.4. The average Bonchev–Trinajstić information content (AvgIpc) is 3.17. The van der Waals surface area contributed by atoms with Crippen LogP contribution in [0.25, 0.3) is 11.3 Å². The fourth-order valence-electron chi connectivity index (χ4n) is 2.83. The van der Waals surface area contributed by atoms with Gasteiger partial charge in [-0.15, -0.1) is 0 Å². The highest BCUT2D eigenvalue weighted by atomic mass is 16.7. The van der Waals surface area contributed by atoms with Crippen LogP contribution in [0, 0.1) is 0 Å². The van der Waals surface area contributed by atoms with Crippen molar-refractivity contribution in [2.75, 3.05) is 0 Å². The van der Waals surface area contributed by atoms with Crippen LogP contribution in [0.15, 0.2) is 60.8 Å². The van der Waals surface area contributed by atoms with Crippen molar-refractivity contribution in [2.24, 2.45) is 7.05 Å². The maximum atomic E-state index is 12.6. The monoisotopic (exact) mass is 347 g/mol. The van der Waals surface area contributed by atoms with Gasteiger partial charge in [-0.2, -0.15) is 5.10 Å². The minimum absolute atomic E-state index is 0.162. The van der Waals surface area contributed by atoms with E-state index in [1.54, 1.807) is 31.3 Å². The van der Waals surface area contributed by atoms with Crippen LogP contribution in [-0.4, -0.2) is 32.6 Å². The van der Waals surface area contributed by atoms with Gasteiger partial charge in [0.1, 0.15) is 11.3 Å². The van der Waals surface area contributed by atoms with Crippen molar-refractivity contribution >= 4 is 17.8 Å². The number of amides is 2. The molecule has 128 valence electrons. The molecule has 26 heavy (non-hydrogen) atoms. The zero-order chi connectivity index (χ0) is 18.3. The molecule has 7 nitrogen and oxygen atoms in total. The summed E-state index contributed by atoms with van der Waals surface area (Å²) in [5.41, 5.74) is 1.71. The Kier molecular flexibility index (Phi) is 3.62. The molecule has 0 atom stereocenters. The average molecular weight is 347 g/mol. The van der Waals surface area contributed by atoms with Gasteiger partial charge in [0.25, 0.3) is 11.8 Å². The Labute approximate surface area is 148 Å². The van der Waals surface area contributed by atoms with Crippen molar-refractivity contribution in [1.29, 1.82) is 0 Å². The normalized spacial score (nSPS) is 13.0. The largest absolute Gasteiger partial charge is 0.367 e.